The zero-order valence-electron chi connectivity index (χ0n) is 39.5. The highest BCUT2D eigenvalue weighted by Gasteiger charge is 2.55. The molecule has 4 aromatic rings. The molecule has 1 saturated carbocycles. The van der Waals surface area contributed by atoms with Crippen LogP contribution < -0.4 is 9.62 Å². The minimum atomic E-state index is -4.23. The molecule has 0 spiro atoms. The maximum absolute atomic E-state index is 13.6. The number of fused-ring (bicyclic) bond motifs is 1. The largest absolute Gasteiger partial charge is 0.414 e. The van der Waals surface area contributed by atoms with Crippen LogP contribution in [0.5, 0.6) is 0 Å². The fourth-order valence-corrected chi connectivity index (χ4v) is 11.8. The van der Waals surface area contributed by atoms with Gasteiger partial charge in [-0.1, -0.05) is 93.4 Å². The molecule has 2 fully saturated rings. The number of imidazole rings is 1. The summed E-state index contributed by atoms with van der Waals surface area (Å²) >= 11 is 0. The van der Waals surface area contributed by atoms with Gasteiger partial charge in [0.2, 0.25) is 6.41 Å². The average molecular weight is 927 g/mol. The third kappa shape index (κ3) is 9.69. The maximum Gasteiger partial charge on any atom is 0.270 e. The van der Waals surface area contributed by atoms with Crippen LogP contribution in [0.4, 0.5) is 11.5 Å². The third-order valence-electron chi connectivity index (χ3n) is 14.0. The van der Waals surface area contributed by atoms with Crippen LogP contribution in [0.25, 0.3) is 17.1 Å². The highest BCUT2D eigenvalue weighted by molar-refractivity contribution is 7.93. The highest BCUT2D eigenvalue weighted by Crippen LogP contribution is 2.47. The van der Waals surface area contributed by atoms with Gasteiger partial charge in [0.15, 0.2) is 48.2 Å². The minimum Gasteiger partial charge on any atom is -0.414 e. The standard InChI is InChI=1S/C43H70N8O7SSi3/c1-41(2,3)60(10,11)55-27-33-35(57-61(12,13)42(4,5)6)36(58-62(14,15)43(7,8)9)39(56-33)49-28-44-34-37(46-30-21-19-20-22-30)47-40(48-38(34)49)50-26-31(25-45-50)51(29-52)59(53,54)32-23-17-16-18-24-32/h16-18,23-26,28-30,33,35-36,39H,19-22,27H2,1-15H3,(H,46,47,48)/t33-,35-,36-,39-/m1/s1. The van der Waals surface area contributed by atoms with Crippen LogP contribution in [0.1, 0.15) is 94.2 Å². The summed E-state index contributed by atoms with van der Waals surface area (Å²) in [5, 5.41) is 7.89. The van der Waals surface area contributed by atoms with Gasteiger partial charge in [-0.25, -0.2) is 22.4 Å². The van der Waals surface area contributed by atoms with E-state index in [-0.39, 0.29) is 44.1 Å². The molecule has 1 amide bonds. The molecule has 342 valence electrons. The van der Waals surface area contributed by atoms with Gasteiger partial charge in [0, 0.05) is 6.04 Å². The van der Waals surface area contributed by atoms with Crippen molar-refractivity contribution in [3.8, 4) is 5.95 Å². The fourth-order valence-electron chi connectivity index (χ4n) is 6.93. The number of anilines is 2. The highest BCUT2D eigenvalue weighted by atomic mass is 32.2. The average Bonchev–Trinajstić information content (AvgIpc) is 3.98. The Hall–Kier alpha value is -3.31. The molecule has 1 N–H and O–H groups in total. The fraction of sp³-hybridized carbons (Fsp3) is 0.651. The van der Waals surface area contributed by atoms with Crippen molar-refractivity contribution in [1.29, 1.82) is 0 Å². The van der Waals surface area contributed by atoms with Crippen LogP contribution in [-0.4, -0.2) is 100 Å². The van der Waals surface area contributed by atoms with E-state index >= 15 is 0 Å². The summed E-state index contributed by atoms with van der Waals surface area (Å²) < 4.78 is 60.2. The van der Waals surface area contributed by atoms with Crippen molar-refractivity contribution in [2.45, 2.75) is 178 Å². The van der Waals surface area contributed by atoms with E-state index in [1.165, 1.54) is 29.2 Å². The predicted octanol–water partition coefficient (Wildman–Crippen LogP) is 9.42. The Labute approximate surface area is 372 Å². The van der Waals surface area contributed by atoms with Gasteiger partial charge in [0.25, 0.3) is 16.0 Å². The lowest BCUT2D eigenvalue weighted by molar-refractivity contribution is -0.106. The first-order valence-electron chi connectivity index (χ1n) is 21.8. The Morgan fingerprint density at radius 1 is 0.855 bits per heavy atom. The second-order valence-electron chi connectivity index (χ2n) is 21.5. The van der Waals surface area contributed by atoms with Crippen LogP contribution in [-0.2, 0) is 32.8 Å². The summed E-state index contributed by atoms with van der Waals surface area (Å²) in [6, 6.07) is 7.97. The molecular weight excluding hydrogens is 857 g/mol. The lowest BCUT2D eigenvalue weighted by Crippen LogP contribution is -2.54. The second-order valence-corrected chi connectivity index (χ2v) is 37.6. The predicted molar refractivity (Wildman–Crippen MR) is 252 cm³/mol. The quantitative estimate of drug-likeness (QED) is 0.0889. The van der Waals surface area contributed by atoms with E-state index in [1.54, 1.807) is 24.5 Å². The summed E-state index contributed by atoms with van der Waals surface area (Å²) in [5.41, 5.74) is 1.05. The van der Waals surface area contributed by atoms with Crippen LogP contribution >= 0.6 is 0 Å². The molecule has 62 heavy (non-hydrogen) atoms. The number of hydrogen-bond donors (Lipinski definition) is 1. The Morgan fingerprint density at radius 3 is 2.00 bits per heavy atom. The normalized spacial score (nSPS) is 21.2. The zero-order valence-corrected chi connectivity index (χ0v) is 43.3. The smallest absolute Gasteiger partial charge is 0.270 e. The topological polar surface area (TPSA) is 165 Å². The lowest BCUT2D eigenvalue weighted by atomic mass is 10.1. The van der Waals surface area contributed by atoms with Gasteiger partial charge in [0.05, 0.1) is 35.9 Å². The van der Waals surface area contributed by atoms with Gasteiger partial charge in [-0.2, -0.15) is 15.1 Å². The second kappa shape index (κ2) is 17.2. The molecule has 4 atom stereocenters. The number of rotatable bonds is 15. The molecule has 1 aromatic carbocycles. The first kappa shape index (κ1) is 48.2. The monoisotopic (exact) mass is 926 g/mol. The maximum atomic E-state index is 13.6. The summed E-state index contributed by atoms with van der Waals surface area (Å²) in [6.07, 6.45) is 6.71. The minimum absolute atomic E-state index is 0.0186. The van der Waals surface area contributed by atoms with Crippen LogP contribution in [0.3, 0.4) is 0 Å². The van der Waals surface area contributed by atoms with Crippen LogP contribution in [0.2, 0.25) is 54.4 Å². The molecule has 2 aliphatic rings. The molecule has 1 aliphatic heterocycles. The Kier molecular flexibility index (Phi) is 13.4. The summed E-state index contributed by atoms with van der Waals surface area (Å²) in [7, 11) is -11.3. The molecule has 15 nitrogen and oxygen atoms in total. The molecule has 0 unspecified atom stereocenters. The number of carbonyl (C=O) groups is 1. The Morgan fingerprint density at radius 2 is 1.44 bits per heavy atom. The molecular formula is C43H70N8O7SSi3. The summed E-state index contributed by atoms with van der Waals surface area (Å²) in [5.74, 6) is 0.671. The summed E-state index contributed by atoms with van der Waals surface area (Å²) in [4.78, 5) is 27.3. The van der Waals surface area contributed by atoms with E-state index < -0.39 is 59.5 Å². The van der Waals surface area contributed by atoms with E-state index in [0.29, 0.717) is 27.9 Å². The molecule has 1 aliphatic carbocycles. The van der Waals surface area contributed by atoms with Crippen molar-refractivity contribution >= 4 is 64.1 Å². The van der Waals surface area contributed by atoms with E-state index in [9.17, 15) is 13.2 Å². The number of ether oxygens (including phenoxy) is 1. The van der Waals surface area contributed by atoms with E-state index in [1.807, 2.05) is 4.57 Å². The Bertz CT molecular complexity index is 2310. The molecule has 0 radical (unpaired) electrons. The molecule has 19 heteroatoms. The molecule has 0 bridgehead atoms. The first-order valence-corrected chi connectivity index (χ1v) is 32.0. The number of nitrogens with one attached hydrogen (secondary N) is 1. The number of hydrogen-bond acceptors (Lipinski definition) is 12. The molecule has 6 rings (SSSR count). The Balaban J connectivity index is 1.50. The molecule has 4 heterocycles. The van der Waals surface area contributed by atoms with Crippen molar-refractivity contribution in [2.75, 3.05) is 16.2 Å². The van der Waals surface area contributed by atoms with Gasteiger partial charge in [0.1, 0.15) is 18.3 Å². The third-order valence-corrected chi connectivity index (χ3v) is 29.1. The zero-order chi connectivity index (χ0) is 45.8. The number of sulfonamides is 1. The van der Waals surface area contributed by atoms with Gasteiger partial charge < -0.3 is 23.3 Å². The number of aromatic nitrogens is 6. The van der Waals surface area contributed by atoms with E-state index in [4.69, 9.17) is 33.0 Å². The van der Waals surface area contributed by atoms with E-state index in [0.717, 1.165) is 25.7 Å². The lowest BCUT2D eigenvalue weighted by Gasteiger charge is -2.44. The number of nitrogens with zero attached hydrogens (tertiary/aromatic N) is 7. The van der Waals surface area contributed by atoms with E-state index in [2.05, 4.69) is 112 Å². The van der Waals surface area contributed by atoms with Gasteiger partial charge in [-0.3, -0.25) is 9.36 Å². The van der Waals surface area contributed by atoms with Crippen molar-refractivity contribution < 1.29 is 31.2 Å². The molecule has 1 saturated heterocycles. The van der Waals surface area contributed by atoms with Crippen LogP contribution in [0, 0.1) is 0 Å². The molecule has 3 aromatic heterocycles. The number of benzene rings is 1. The number of carbonyl (C=O) groups excluding carboxylic acids is 1. The summed E-state index contributed by atoms with van der Waals surface area (Å²) in [6.45, 7) is 34.0. The van der Waals surface area contributed by atoms with Crippen molar-refractivity contribution in [1.82, 2.24) is 29.3 Å². The van der Waals surface area contributed by atoms with Gasteiger partial charge in [-0.15, -0.1) is 0 Å². The van der Waals surface area contributed by atoms with Crippen molar-refractivity contribution in [2.24, 2.45) is 0 Å². The first-order chi connectivity index (χ1) is 28.6. The van der Waals surface area contributed by atoms with Gasteiger partial charge >= 0.3 is 0 Å². The van der Waals surface area contributed by atoms with Crippen molar-refractivity contribution in [3.05, 3.63) is 49.1 Å². The number of amides is 1. The SMILES string of the molecule is CC(C)(C)[Si](C)(C)OC[C@H]1O[C@@H](n2cnc3c(NC4CCCC4)nc(-n4cc(N(C=O)S(=O)(=O)c5ccccc5)cn4)nc32)[C@H](O[Si](C)(C)C(C)(C)C)[C@@H]1O[Si](C)(C)C(C)(C)C. The van der Waals surface area contributed by atoms with Gasteiger partial charge in [-0.05, 0) is 79.4 Å². The van der Waals surface area contributed by atoms with Crippen molar-refractivity contribution in [3.63, 3.8) is 0 Å². The van der Waals surface area contributed by atoms with Crippen LogP contribution in [0.15, 0.2) is 53.9 Å².